The molecule has 2 N–H and O–H groups in total. The van der Waals surface area contributed by atoms with Gasteiger partial charge in [0.1, 0.15) is 5.56 Å². The van der Waals surface area contributed by atoms with Crippen molar-refractivity contribution in [1.82, 2.24) is 10.2 Å². The normalized spacial score (nSPS) is 10.1. The van der Waals surface area contributed by atoms with Gasteiger partial charge in [0.15, 0.2) is 5.82 Å². The highest BCUT2D eigenvalue weighted by Crippen LogP contribution is 2.11. The zero-order chi connectivity index (χ0) is 12.1. The van der Waals surface area contributed by atoms with Crippen LogP contribution in [0.5, 0.6) is 0 Å². The van der Waals surface area contributed by atoms with Gasteiger partial charge in [-0.1, -0.05) is 0 Å². The molecule has 2 rings (SSSR count). The highest BCUT2D eigenvalue weighted by Gasteiger charge is 2.10. The first-order valence-electron chi connectivity index (χ1n) is 5.07. The van der Waals surface area contributed by atoms with E-state index < -0.39 is 5.97 Å². The molecule has 2 heterocycles. The van der Waals surface area contributed by atoms with Crippen LogP contribution in [-0.4, -0.2) is 27.8 Å². The highest BCUT2D eigenvalue weighted by atomic mass is 32.1. The Hall–Kier alpha value is -1.95. The van der Waals surface area contributed by atoms with Gasteiger partial charge in [-0.2, -0.15) is 16.4 Å². The average Bonchev–Trinajstić information content (AvgIpc) is 2.82. The number of carbonyl (C=O) groups is 1. The molecule has 0 aliphatic carbocycles. The minimum absolute atomic E-state index is 0.144. The monoisotopic (exact) mass is 249 g/mol. The number of carboxylic acid groups (broad SMARTS) is 1. The zero-order valence-electron chi connectivity index (χ0n) is 8.96. The van der Waals surface area contributed by atoms with Crippen molar-refractivity contribution < 1.29 is 9.90 Å². The van der Waals surface area contributed by atoms with Gasteiger partial charge in [-0.05, 0) is 34.9 Å². The third kappa shape index (κ3) is 3.01. The lowest BCUT2D eigenvalue weighted by Crippen LogP contribution is -2.11. The second kappa shape index (κ2) is 5.40. The first kappa shape index (κ1) is 11.5. The number of rotatable bonds is 5. The maximum Gasteiger partial charge on any atom is 0.339 e. The Morgan fingerprint density at radius 2 is 2.35 bits per heavy atom. The van der Waals surface area contributed by atoms with Crippen molar-refractivity contribution in [3.05, 3.63) is 40.2 Å². The van der Waals surface area contributed by atoms with Crippen molar-refractivity contribution >= 4 is 23.1 Å². The van der Waals surface area contributed by atoms with E-state index in [0.717, 1.165) is 6.42 Å². The van der Waals surface area contributed by atoms with E-state index in [0.29, 0.717) is 12.4 Å². The van der Waals surface area contributed by atoms with Crippen LogP contribution in [0, 0.1) is 0 Å². The Labute approximate surface area is 102 Å². The molecule has 0 radical (unpaired) electrons. The fourth-order valence-corrected chi connectivity index (χ4v) is 2.10. The maximum absolute atomic E-state index is 10.9. The fourth-order valence-electron chi connectivity index (χ4n) is 1.40. The summed E-state index contributed by atoms with van der Waals surface area (Å²) in [6.07, 6.45) is 2.20. The van der Waals surface area contributed by atoms with E-state index in [1.807, 2.05) is 11.4 Å². The minimum atomic E-state index is -1.00. The number of aromatic nitrogens is 2. The summed E-state index contributed by atoms with van der Waals surface area (Å²) in [5.41, 5.74) is 1.37. The van der Waals surface area contributed by atoms with Crippen LogP contribution in [-0.2, 0) is 6.42 Å². The Morgan fingerprint density at radius 1 is 1.47 bits per heavy atom. The molecule has 0 saturated carbocycles. The predicted molar refractivity (Wildman–Crippen MR) is 65.5 cm³/mol. The molecule has 0 atom stereocenters. The third-order valence-corrected chi connectivity index (χ3v) is 2.97. The fraction of sp³-hybridized carbons (Fsp3) is 0.182. The average molecular weight is 249 g/mol. The quantitative estimate of drug-likeness (QED) is 0.846. The highest BCUT2D eigenvalue weighted by molar-refractivity contribution is 7.07. The SMILES string of the molecule is O=C(O)c1ccnnc1NCCc1ccsc1. The molecule has 2 aromatic rings. The Balaban J connectivity index is 1.97. The number of hydrogen-bond acceptors (Lipinski definition) is 5. The van der Waals surface area contributed by atoms with Gasteiger partial charge in [0.05, 0.1) is 6.20 Å². The Morgan fingerprint density at radius 3 is 3.06 bits per heavy atom. The van der Waals surface area contributed by atoms with Gasteiger partial charge in [-0.3, -0.25) is 0 Å². The lowest BCUT2D eigenvalue weighted by molar-refractivity contribution is 0.0697. The van der Waals surface area contributed by atoms with Crippen LogP contribution in [0.25, 0.3) is 0 Å². The number of anilines is 1. The molecule has 17 heavy (non-hydrogen) atoms. The molecule has 6 heteroatoms. The molecule has 0 spiro atoms. The molecule has 0 aliphatic heterocycles. The number of aromatic carboxylic acids is 1. The van der Waals surface area contributed by atoms with Gasteiger partial charge >= 0.3 is 5.97 Å². The molecule has 0 aliphatic rings. The van der Waals surface area contributed by atoms with E-state index in [1.54, 1.807) is 11.3 Å². The van der Waals surface area contributed by atoms with Crippen molar-refractivity contribution in [2.45, 2.75) is 6.42 Å². The van der Waals surface area contributed by atoms with Gasteiger partial charge in [0, 0.05) is 6.54 Å². The van der Waals surface area contributed by atoms with E-state index in [2.05, 4.69) is 20.9 Å². The Bertz CT molecular complexity index is 499. The van der Waals surface area contributed by atoms with Crippen LogP contribution in [0.4, 0.5) is 5.82 Å². The molecular weight excluding hydrogens is 238 g/mol. The standard InChI is InChI=1S/C11H11N3O2S/c15-11(16)9-2-5-13-14-10(9)12-4-1-8-3-6-17-7-8/h2-3,5-7H,1,4H2,(H,12,14)(H,15,16). The summed E-state index contributed by atoms with van der Waals surface area (Å²) in [5, 5.41) is 23.5. The van der Waals surface area contributed by atoms with Gasteiger partial charge < -0.3 is 10.4 Å². The summed E-state index contributed by atoms with van der Waals surface area (Å²) in [5.74, 6) is -0.687. The van der Waals surface area contributed by atoms with Crippen molar-refractivity contribution in [2.75, 3.05) is 11.9 Å². The first-order valence-corrected chi connectivity index (χ1v) is 6.01. The molecule has 0 fully saturated rings. The van der Waals surface area contributed by atoms with Crippen molar-refractivity contribution in [1.29, 1.82) is 0 Å². The largest absolute Gasteiger partial charge is 0.478 e. The lowest BCUT2D eigenvalue weighted by atomic mass is 10.2. The van der Waals surface area contributed by atoms with E-state index in [-0.39, 0.29) is 5.56 Å². The van der Waals surface area contributed by atoms with Crippen molar-refractivity contribution in [3.63, 3.8) is 0 Å². The van der Waals surface area contributed by atoms with Gasteiger partial charge in [-0.15, -0.1) is 5.10 Å². The predicted octanol–water partition coefficient (Wildman–Crippen LogP) is 1.89. The summed E-state index contributed by atoms with van der Waals surface area (Å²) in [6, 6.07) is 3.48. The Kier molecular flexibility index (Phi) is 3.66. The summed E-state index contributed by atoms with van der Waals surface area (Å²) < 4.78 is 0. The van der Waals surface area contributed by atoms with Crippen molar-refractivity contribution in [2.24, 2.45) is 0 Å². The minimum Gasteiger partial charge on any atom is -0.478 e. The smallest absolute Gasteiger partial charge is 0.339 e. The van der Waals surface area contributed by atoms with Crippen molar-refractivity contribution in [3.8, 4) is 0 Å². The number of nitrogens with zero attached hydrogens (tertiary/aromatic N) is 2. The van der Waals surface area contributed by atoms with E-state index in [1.165, 1.54) is 17.8 Å². The van der Waals surface area contributed by atoms with Crippen LogP contribution in [0.1, 0.15) is 15.9 Å². The van der Waals surface area contributed by atoms with Crippen LogP contribution in [0.15, 0.2) is 29.1 Å². The van der Waals surface area contributed by atoms with E-state index in [9.17, 15) is 4.79 Å². The number of thiophene rings is 1. The maximum atomic E-state index is 10.9. The first-order chi connectivity index (χ1) is 8.27. The van der Waals surface area contributed by atoms with Gasteiger partial charge in [0.2, 0.25) is 0 Å². The van der Waals surface area contributed by atoms with E-state index in [4.69, 9.17) is 5.11 Å². The molecule has 88 valence electrons. The summed E-state index contributed by atoms with van der Waals surface area (Å²) in [7, 11) is 0. The third-order valence-electron chi connectivity index (χ3n) is 2.24. The van der Waals surface area contributed by atoms with E-state index >= 15 is 0 Å². The molecule has 0 aromatic carbocycles. The second-order valence-electron chi connectivity index (χ2n) is 3.41. The molecule has 0 unspecified atom stereocenters. The molecule has 5 nitrogen and oxygen atoms in total. The summed E-state index contributed by atoms with van der Waals surface area (Å²) >= 11 is 1.64. The topological polar surface area (TPSA) is 75.1 Å². The molecular formula is C11H11N3O2S. The lowest BCUT2D eigenvalue weighted by Gasteiger charge is -2.06. The number of nitrogens with one attached hydrogen (secondary N) is 1. The van der Waals surface area contributed by atoms with Crippen LogP contribution in [0.2, 0.25) is 0 Å². The molecule has 0 bridgehead atoms. The van der Waals surface area contributed by atoms with Crippen LogP contribution in [0.3, 0.4) is 0 Å². The molecule has 0 saturated heterocycles. The van der Waals surface area contributed by atoms with Gasteiger partial charge in [-0.25, -0.2) is 4.79 Å². The van der Waals surface area contributed by atoms with Crippen LogP contribution < -0.4 is 5.32 Å². The summed E-state index contributed by atoms with van der Waals surface area (Å²) in [6.45, 7) is 0.635. The molecule has 0 amide bonds. The second-order valence-corrected chi connectivity index (χ2v) is 4.19. The zero-order valence-corrected chi connectivity index (χ0v) is 9.78. The number of carboxylic acids is 1. The summed E-state index contributed by atoms with van der Waals surface area (Å²) in [4.78, 5) is 10.9. The van der Waals surface area contributed by atoms with Crippen LogP contribution >= 0.6 is 11.3 Å². The molecule has 2 aromatic heterocycles. The van der Waals surface area contributed by atoms with Gasteiger partial charge in [0.25, 0.3) is 0 Å². The number of hydrogen-bond donors (Lipinski definition) is 2.